The maximum absolute atomic E-state index is 6.61. The van der Waals surface area contributed by atoms with Crippen LogP contribution in [0.3, 0.4) is 0 Å². The molecular weight excluding hydrogens is 540 g/mol. The van der Waals surface area contributed by atoms with E-state index >= 15 is 0 Å². The maximum atomic E-state index is 6.61. The molecule has 3 aromatic heterocycles. The molecule has 0 bridgehead atoms. The first kappa shape index (κ1) is 24.6. The average Bonchev–Trinajstić information content (AvgIpc) is 3.66. The molecule has 0 spiro atoms. The van der Waals surface area contributed by atoms with Gasteiger partial charge in [0.2, 0.25) is 0 Å². The summed E-state index contributed by atoms with van der Waals surface area (Å²) in [5, 5.41) is 4.35. The quantitative estimate of drug-likeness (QED) is 0.213. The number of fused-ring (bicyclic) bond motifs is 6. The highest BCUT2D eigenvalue weighted by Crippen LogP contribution is 2.39. The lowest BCUT2D eigenvalue weighted by molar-refractivity contribution is 0.668. The highest BCUT2D eigenvalue weighted by molar-refractivity contribution is 6.11. The van der Waals surface area contributed by atoms with Gasteiger partial charge in [-0.15, -0.1) is 0 Å². The van der Waals surface area contributed by atoms with E-state index in [4.69, 9.17) is 18.8 Å². The van der Waals surface area contributed by atoms with Gasteiger partial charge in [0.05, 0.1) is 11.4 Å². The lowest BCUT2D eigenvalue weighted by Gasteiger charge is -2.09. The van der Waals surface area contributed by atoms with Crippen LogP contribution in [0.15, 0.2) is 154 Å². The van der Waals surface area contributed by atoms with Crippen LogP contribution in [0.5, 0.6) is 0 Å². The summed E-state index contributed by atoms with van der Waals surface area (Å²) in [6.07, 6.45) is 0. The Balaban J connectivity index is 1.19. The van der Waals surface area contributed by atoms with Crippen LogP contribution in [0.2, 0.25) is 0 Å². The van der Waals surface area contributed by atoms with Crippen molar-refractivity contribution in [2.45, 2.75) is 0 Å². The van der Waals surface area contributed by atoms with Gasteiger partial charge < -0.3 is 8.83 Å². The Labute approximate surface area is 252 Å². The standard InChI is InChI=1S/C40H24N2O2/c1-3-10-25(11-4-1)34-24-35(26-12-5-2-6-13-26)42-40(41-34)28-19-21-32-33-16-9-15-29(39(33)44-38(32)23-28)27-18-20-31-30-14-7-8-17-36(30)43-37(31)22-27/h1-24H. The third-order valence-electron chi connectivity index (χ3n) is 8.31. The van der Waals surface area contributed by atoms with Crippen molar-refractivity contribution < 1.29 is 8.83 Å². The fourth-order valence-corrected chi connectivity index (χ4v) is 6.15. The van der Waals surface area contributed by atoms with E-state index in [1.165, 1.54) is 0 Å². The van der Waals surface area contributed by atoms with Crippen LogP contribution in [0.25, 0.3) is 88.9 Å². The third kappa shape index (κ3) is 4.00. The summed E-state index contributed by atoms with van der Waals surface area (Å²) in [6.45, 7) is 0. The van der Waals surface area contributed by atoms with E-state index in [-0.39, 0.29) is 0 Å². The van der Waals surface area contributed by atoms with Crippen LogP contribution >= 0.6 is 0 Å². The summed E-state index contributed by atoms with van der Waals surface area (Å²) in [5.41, 5.74) is 10.2. The van der Waals surface area contributed by atoms with Gasteiger partial charge in [-0.05, 0) is 42.0 Å². The highest BCUT2D eigenvalue weighted by atomic mass is 16.3. The van der Waals surface area contributed by atoms with Gasteiger partial charge in [0.25, 0.3) is 0 Å². The van der Waals surface area contributed by atoms with Crippen LogP contribution in [-0.4, -0.2) is 9.97 Å². The molecule has 0 saturated heterocycles. The minimum Gasteiger partial charge on any atom is -0.456 e. The minimum atomic E-state index is 0.656. The van der Waals surface area contributed by atoms with Crippen molar-refractivity contribution in [2.24, 2.45) is 0 Å². The molecule has 0 radical (unpaired) electrons. The topological polar surface area (TPSA) is 52.1 Å². The second kappa shape index (κ2) is 9.79. The average molecular weight is 565 g/mol. The van der Waals surface area contributed by atoms with E-state index < -0.39 is 0 Å². The lowest BCUT2D eigenvalue weighted by atomic mass is 10.0. The molecular formula is C40H24N2O2. The van der Waals surface area contributed by atoms with E-state index in [1.54, 1.807) is 0 Å². The third-order valence-corrected chi connectivity index (χ3v) is 8.31. The Morgan fingerprint density at radius 3 is 1.68 bits per heavy atom. The molecule has 0 unspecified atom stereocenters. The number of para-hydroxylation sites is 2. The molecule has 6 aromatic carbocycles. The summed E-state index contributed by atoms with van der Waals surface area (Å²) in [7, 11) is 0. The van der Waals surface area contributed by atoms with Gasteiger partial charge >= 0.3 is 0 Å². The molecule has 9 aromatic rings. The highest BCUT2D eigenvalue weighted by Gasteiger charge is 2.16. The van der Waals surface area contributed by atoms with Crippen molar-refractivity contribution in [1.82, 2.24) is 9.97 Å². The van der Waals surface area contributed by atoms with E-state index in [9.17, 15) is 0 Å². The lowest BCUT2D eigenvalue weighted by Crippen LogP contribution is -1.95. The minimum absolute atomic E-state index is 0.656. The fraction of sp³-hybridized carbons (Fsp3) is 0. The normalized spacial score (nSPS) is 11.6. The van der Waals surface area contributed by atoms with Gasteiger partial charge in [-0.25, -0.2) is 9.97 Å². The number of nitrogens with zero attached hydrogens (tertiary/aromatic N) is 2. The van der Waals surface area contributed by atoms with Gasteiger partial charge in [-0.1, -0.05) is 109 Å². The van der Waals surface area contributed by atoms with Crippen LogP contribution in [0.4, 0.5) is 0 Å². The number of furan rings is 2. The predicted molar refractivity (Wildman–Crippen MR) is 178 cm³/mol. The molecule has 0 saturated carbocycles. The van der Waals surface area contributed by atoms with E-state index in [0.29, 0.717) is 5.82 Å². The zero-order valence-corrected chi connectivity index (χ0v) is 23.6. The Bertz CT molecular complexity index is 2430. The summed E-state index contributed by atoms with van der Waals surface area (Å²) in [5.74, 6) is 0.656. The van der Waals surface area contributed by atoms with Crippen LogP contribution in [0.1, 0.15) is 0 Å². The smallest absolute Gasteiger partial charge is 0.160 e. The Morgan fingerprint density at radius 2 is 0.932 bits per heavy atom. The van der Waals surface area contributed by atoms with Crippen molar-refractivity contribution in [3.63, 3.8) is 0 Å². The zero-order valence-electron chi connectivity index (χ0n) is 23.6. The molecule has 0 amide bonds. The maximum Gasteiger partial charge on any atom is 0.160 e. The number of aromatic nitrogens is 2. The first-order valence-electron chi connectivity index (χ1n) is 14.7. The molecule has 0 fully saturated rings. The summed E-state index contributed by atoms with van der Waals surface area (Å²) >= 11 is 0. The van der Waals surface area contributed by atoms with Crippen LogP contribution in [0, 0.1) is 0 Å². The second-order valence-electron chi connectivity index (χ2n) is 11.0. The van der Waals surface area contributed by atoms with Crippen molar-refractivity contribution in [2.75, 3.05) is 0 Å². The molecule has 0 aliphatic heterocycles. The number of benzene rings is 6. The van der Waals surface area contributed by atoms with Crippen molar-refractivity contribution in [1.29, 1.82) is 0 Å². The molecule has 9 rings (SSSR count). The van der Waals surface area contributed by atoms with Gasteiger partial charge in [-0.3, -0.25) is 0 Å². The second-order valence-corrected chi connectivity index (χ2v) is 11.0. The predicted octanol–water partition coefficient (Wildman–Crippen LogP) is 10.9. The molecule has 44 heavy (non-hydrogen) atoms. The SMILES string of the molecule is c1ccc(-c2cc(-c3ccccc3)nc(-c3ccc4c(c3)oc3c(-c5ccc6c(c5)oc5ccccc56)cccc34)n2)cc1. The Kier molecular flexibility index (Phi) is 5.47. The molecule has 4 heteroatoms. The molecule has 0 aliphatic carbocycles. The molecule has 0 aliphatic rings. The number of hydrogen-bond acceptors (Lipinski definition) is 4. The Hall–Kier alpha value is -6.00. The number of rotatable bonds is 4. The van der Waals surface area contributed by atoms with Gasteiger partial charge in [0.15, 0.2) is 5.82 Å². The molecule has 0 atom stereocenters. The first-order valence-corrected chi connectivity index (χ1v) is 14.7. The molecule has 206 valence electrons. The van der Waals surface area contributed by atoms with Crippen molar-refractivity contribution in [3.05, 3.63) is 146 Å². The van der Waals surface area contributed by atoms with Crippen LogP contribution in [-0.2, 0) is 0 Å². The zero-order chi connectivity index (χ0) is 29.0. The summed E-state index contributed by atoms with van der Waals surface area (Å²) in [4.78, 5) is 10.0. The summed E-state index contributed by atoms with van der Waals surface area (Å²) < 4.78 is 12.8. The van der Waals surface area contributed by atoms with Gasteiger partial charge in [-0.2, -0.15) is 0 Å². The van der Waals surface area contributed by atoms with E-state index in [1.807, 2.05) is 54.6 Å². The molecule has 4 nitrogen and oxygen atoms in total. The fourth-order valence-electron chi connectivity index (χ4n) is 6.15. The largest absolute Gasteiger partial charge is 0.456 e. The van der Waals surface area contributed by atoms with E-state index in [2.05, 4.69) is 91.0 Å². The van der Waals surface area contributed by atoms with Crippen molar-refractivity contribution in [3.8, 4) is 45.0 Å². The van der Waals surface area contributed by atoms with Crippen LogP contribution < -0.4 is 0 Å². The van der Waals surface area contributed by atoms with Gasteiger partial charge in [0, 0.05) is 43.8 Å². The molecule has 3 heterocycles. The van der Waals surface area contributed by atoms with Crippen molar-refractivity contribution >= 4 is 43.9 Å². The summed E-state index contributed by atoms with van der Waals surface area (Å²) in [6, 6.07) is 49.6. The van der Waals surface area contributed by atoms with Gasteiger partial charge in [0.1, 0.15) is 22.3 Å². The molecule has 0 N–H and O–H groups in total. The number of hydrogen-bond donors (Lipinski definition) is 0. The monoisotopic (exact) mass is 564 g/mol. The Morgan fingerprint density at radius 1 is 0.364 bits per heavy atom. The van der Waals surface area contributed by atoms with E-state index in [0.717, 1.165) is 83.1 Å². The first-order chi connectivity index (χ1) is 21.8.